The molecule has 2 aliphatic rings. The molecule has 1 aliphatic carbocycles. The molecule has 1 fully saturated rings. The molecule has 1 saturated heterocycles. The Kier molecular flexibility index (Phi) is 4.96. The fourth-order valence-electron chi connectivity index (χ4n) is 5.05. The number of hydrogen-bond donors (Lipinski definition) is 1. The highest BCUT2D eigenvalue weighted by atomic mass is 16.5. The number of urea groups is 1. The first-order chi connectivity index (χ1) is 16.2. The highest BCUT2D eigenvalue weighted by molar-refractivity contribution is 6.13. The van der Waals surface area contributed by atoms with E-state index in [1.54, 1.807) is 45.5 Å². The fraction of sp³-hybridized carbons (Fsp3) is 0.333. The van der Waals surface area contributed by atoms with Gasteiger partial charge in [0.05, 0.1) is 24.2 Å². The summed E-state index contributed by atoms with van der Waals surface area (Å²) in [6, 6.07) is 9.40. The number of rotatable bonds is 4. The zero-order valence-corrected chi connectivity index (χ0v) is 19.0. The molecular weight excluding hydrogens is 440 g/mol. The second kappa shape index (κ2) is 7.75. The number of aromatic nitrogens is 2. The van der Waals surface area contributed by atoms with Crippen LogP contribution in [0.1, 0.15) is 23.6 Å². The third-order valence-corrected chi connectivity index (χ3v) is 6.91. The van der Waals surface area contributed by atoms with Crippen molar-refractivity contribution in [3.05, 3.63) is 58.0 Å². The standard InChI is InChI=1S/C24H24N4O6/c1-25-19-9-5-14(11-20(19)26(2)23(25)32)27-12-17(22(30)31)21(29)28(24(27)33)18-8-4-13-10-15(34-3)6-7-16(13)18/h5-7,9-11,17-18H,4,8,12H2,1-3H3,(H,30,31). The molecule has 1 aromatic heterocycles. The maximum atomic E-state index is 13.7. The number of carboxylic acid groups (broad SMARTS) is 1. The van der Waals surface area contributed by atoms with Crippen LogP contribution in [0.25, 0.3) is 11.0 Å². The summed E-state index contributed by atoms with van der Waals surface area (Å²) in [6.07, 6.45) is 1.15. The van der Waals surface area contributed by atoms with Gasteiger partial charge in [0.2, 0.25) is 5.91 Å². The van der Waals surface area contributed by atoms with Gasteiger partial charge in [-0.15, -0.1) is 0 Å². The molecule has 0 bridgehead atoms. The van der Waals surface area contributed by atoms with E-state index in [-0.39, 0.29) is 12.2 Å². The molecule has 2 heterocycles. The zero-order chi connectivity index (χ0) is 24.3. The van der Waals surface area contributed by atoms with Gasteiger partial charge in [-0.3, -0.25) is 28.5 Å². The molecule has 0 spiro atoms. The van der Waals surface area contributed by atoms with Crippen LogP contribution < -0.4 is 15.3 Å². The van der Waals surface area contributed by atoms with Crippen molar-refractivity contribution in [3.63, 3.8) is 0 Å². The first-order valence-corrected chi connectivity index (χ1v) is 10.9. The van der Waals surface area contributed by atoms with Gasteiger partial charge in [0.15, 0.2) is 5.92 Å². The number of aliphatic carboxylic acids is 1. The SMILES string of the molecule is COc1ccc2c(c1)CCC2N1C(=O)C(C(=O)O)CN(c2ccc3c(c2)n(C)c(=O)n3C)C1=O. The van der Waals surface area contributed by atoms with Crippen LogP contribution in [0.2, 0.25) is 0 Å². The molecule has 0 saturated carbocycles. The maximum Gasteiger partial charge on any atom is 0.331 e. The molecule has 2 unspecified atom stereocenters. The quantitative estimate of drug-likeness (QED) is 0.591. The predicted molar refractivity (Wildman–Crippen MR) is 123 cm³/mol. The first-order valence-electron chi connectivity index (χ1n) is 10.9. The molecule has 176 valence electrons. The van der Waals surface area contributed by atoms with Crippen LogP contribution >= 0.6 is 0 Å². The molecule has 0 radical (unpaired) electrons. The summed E-state index contributed by atoms with van der Waals surface area (Å²) in [4.78, 5) is 53.6. The van der Waals surface area contributed by atoms with Crippen molar-refractivity contribution in [2.24, 2.45) is 20.0 Å². The van der Waals surface area contributed by atoms with Gasteiger partial charge in [-0.25, -0.2) is 9.59 Å². The number of imide groups is 1. The summed E-state index contributed by atoms with van der Waals surface area (Å²) in [7, 11) is 4.86. The van der Waals surface area contributed by atoms with Crippen LogP contribution in [0.3, 0.4) is 0 Å². The number of methoxy groups -OCH3 is 1. The summed E-state index contributed by atoms with van der Waals surface area (Å²) in [6.45, 7) is -0.280. The Hall–Kier alpha value is -4.08. The number of hydrogen-bond acceptors (Lipinski definition) is 5. The van der Waals surface area contributed by atoms with Gasteiger partial charge in [-0.2, -0.15) is 0 Å². The van der Waals surface area contributed by atoms with Gasteiger partial charge >= 0.3 is 17.7 Å². The Balaban J connectivity index is 1.58. The van der Waals surface area contributed by atoms with Crippen LogP contribution in [0.5, 0.6) is 5.75 Å². The van der Waals surface area contributed by atoms with Crippen LogP contribution in [-0.2, 0) is 30.1 Å². The Morgan fingerprint density at radius 2 is 1.76 bits per heavy atom. The molecule has 3 amide bonds. The minimum Gasteiger partial charge on any atom is -0.497 e. The topological polar surface area (TPSA) is 114 Å². The highest BCUT2D eigenvalue weighted by Crippen LogP contribution is 2.40. The summed E-state index contributed by atoms with van der Waals surface area (Å²) < 4.78 is 8.24. The van der Waals surface area contributed by atoms with Gasteiger partial charge in [0.25, 0.3) is 0 Å². The lowest BCUT2D eigenvalue weighted by molar-refractivity contribution is -0.151. The lowest BCUT2D eigenvalue weighted by atomic mass is 10.00. The van der Waals surface area contributed by atoms with Crippen molar-refractivity contribution in [1.29, 1.82) is 0 Å². The maximum absolute atomic E-state index is 13.7. The molecule has 5 rings (SSSR count). The number of carbonyl (C=O) groups excluding carboxylic acids is 2. The molecule has 2 atom stereocenters. The number of ether oxygens (including phenoxy) is 1. The highest BCUT2D eigenvalue weighted by Gasteiger charge is 2.48. The number of carbonyl (C=O) groups is 3. The Morgan fingerprint density at radius 3 is 2.47 bits per heavy atom. The molecule has 2 aromatic carbocycles. The van der Waals surface area contributed by atoms with Gasteiger partial charge in [-0.05, 0) is 54.3 Å². The van der Waals surface area contributed by atoms with Crippen molar-refractivity contribution in [3.8, 4) is 5.75 Å². The third-order valence-electron chi connectivity index (χ3n) is 6.91. The lowest BCUT2D eigenvalue weighted by Crippen LogP contribution is -2.59. The average Bonchev–Trinajstić information content (AvgIpc) is 3.33. The van der Waals surface area contributed by atoms with Crippen molar-refractivity contribution in [2.75, 3.05) is 18.6 Å². The van der Waals surface area contributed by atoms with Crippen LogP contribution in [0, 0.1) is 5.92 Å². The third kappa shape index (κ3) is 3.09. The monoisotopic (exact) mass is 464 g/mol. The van der Waals surface area contributed by atoms with Crippen LogP contribution in [0.15, 0.2) is 41.2 Å². The Labute approximate surface area is 194 Å². The van der Waals surface area contributed by atoms with E-state index in [0.29, 0.717) is 35.3 Å². The molecular formula is C24H24N4O6. The van der Waals surface area contributed by atoms with E-state index in [9.17, 15) is 24.3 Å². The van der Waals surface area contributed by atoms with Crippen molar-refractivity contribution in [1.82, 2.24) is 14.0 Å². The molecule has 3 aromatic rings. The number of nitrogens with zero attached hydrogens (tertiary/aromatic N) is 4. The number of benzene rings is 2. The number of aryl methyl sites for hydroxylation is 3. The van der Waals surface area contributed by atoms with Gasteiger partial charge < -0.3 is 9.84 Å². The summed E-state index contributed by atoms with van der Waals surface area (Å²) >= 11 is 0. The normalized spacial score (nSPS) is 20.2. The lowest BCUT2D eigenvalue weighted by Gasteiger charge is -2.40. The minimum atomic E-state index is -1.39. The Bertz CT molecular complexity index is 1420. The van der Waals surface area contributed by atoms with E-state index in [1.807, 2.05) is 12.1 Å². The molecule has 1 aliphatic heterocycles. The molecule has 34 heavy (non-hydrogen) atoms. The van der Waals surface area contributed by atoms with Crippen molar-refractivity contribution >= 4 is 34.6 Å². The summed E-state index contributed by atoms with van der Waals surface area (Å²) in [5.74, 6) is -2.71. The largest absolute Gasteiger partial charge is 0.497 e. The van der Waals surface area contributed by atoms with Crippen LogP contribution in [0.4, 0.5) is 10.5 Å². The average molecular weight is 464 g/mol. The summed E-state index contributed by atoms with van der Waals surface area (Å²) in [5, 5.41) is 9.79. The Morgan fingerprint density at radius 1 is 1.03 bits per heavy atom. The van der Waals surface area contributed by atoms with E-state index in [2.05, 4.69) is 0 Å². The molecule has 10 heteroatoms. The van der Waals surface area contributed by atoms with E-state index < -0.39 is 29.9 Å². The van der Waals surface area contributed by atoms with Crippen LogP contribution in [-0.4, -0.2) is 50.7 Å². The molecule has 10 nitrogen and oxygen atoms in total. The number of fused-ring (bicyclic) bond motifs is 2. The zero-order valence-electron chi connectivity index (χ0n) is 19.0. The van der Waals surface area contributed by atoms with Crippen molar-refractivity contribution in [2.45, 2.75) is 18.9 Å². The van der Waals surface area contributed by atoms with Gasteiger partial charge in [0.1, 0.15) is 5.75 Å². The minimum absolute atomic E-state index is 0.213. The number of amides is 3. The van der Waals surface area contributed by atoms with Gasteiger partial charge in [-0.1, -0.05) is 6.07 Å². The second-order valence-electron chi connectivity index (χ2n) is 8.69. The molecule has 1 N–H and O–H groups in total. The van der Waals surface area contributed by atoms with E-state index in [1.165, 1.54) is 14.0 Å². The smallest absolute Gasteiger partial charge is 0.331 e. The van der Waals surface area contributed by atoms with Crippen molar-refractivity contribution < 1.29 is 24.2 Å². The van der Waals surface area contributed by atoms with E-state index in [0.717, 1.165) is 16.0 Å². The number of anilines is 1. The number of carboxylic acids is 1. The van der Waals surface area contributed by atoms with E-state index in [4.69, 9.17) is 4.74 Å². The van der Waals surface area contributed by atoms with E-state index >= 15 is 0 Å². The predicted octanol–water partition coefficient (Wildman–Crippen LogP) is 2.04. The fourth-order valence-corrected chi connectivity index (χ4v) is 5.05. The first kappa shape index (κ1) is 21.7. The summed E-state index contributed by atoms with van der Waals surface area (Å²) in [5.41, 5.74) is 3.28. The second-order valence-corrected chi connectivity index (χ2v) is 8.69. The number of imidazole rings is 1. The van der Waals surface area contributed by atoms with Gasteiger partial charge in [0, 0.05) is 26.3 Å².